The maximum Gasteiger partial charge on any atom is 0.492 e. The molecule has 104 valence electrons. The minimum atomic E-state index is -3.63. The van der Waals surface area contributed by atoms with Crippen LogP contribution >= 0.6 is 0 Å². The van der Waals surface area contributed by atoms with Gasteiger partial charge in [-0.15, -0.1) is 0 Å². The summed E-state index contributed by atoms with van der Waals surface area (Å²) in [5, 5.41) is 10.2. The lowest BCUT2D eigenvalue weighted by atomic mass is 9.95. The van der Waals surface area contributed by atoms with Crippen LogP contribution in [0.15, 0.2) is 0 Å². The van der Waals surface area contributed by atoms with E-state index in [1.54, 1.807) is 6.92 Å². The van der Waals surface area contributed by atoms with Crippen molar-refractivity contribution in [3.05, 3.63) is 0 Å². The van der Waals surface area contributed by atoms with Gasteiger partial charge in [-0.1, -0.05) is 0 Å². The van der Waals surface area contributed by atoms with E-state index in [4.69, 9.17) is 8.59 Å². The fraction of sp³-hybridized carbons (Fsp3) is 1.00. The summed E-state index contributed by atoms with van der Waals surface area (Å²) in [6, 6.07) is 0.0552. The average molecular weight is 298 g/mol. The number of hydrogen-bond donors (Lipinski definition) is 7. The third kappa shape index (κ3) is 12.4. The molecule has 0 aliphatic heterocycles. The van der Waals surface area contributed by atoms with Crippen molar-refractivity contribution in [3.63, 3.8) is 0 Å². The summed E-state index contributed by atoms with van der Waals surface area (Å²) in [4.78, 5) is 25.2. The van der Waals surface area contributed by atoms with Crippen LogP contribution in [0.1, 0.15) is 32.6 Å². The molecule has 9 heteroatoms. The van der Waals surface area contributed by atoms with E-state index in [1.807, 2.05) is 0 Å². The minimum absolute atomic E-state index is 0.0276. The minimum Gasteiger partial charge on any atom is -0.390 e. The molecule has 0 unspecified atom stereocenters. The molecular weight excluding hydrogens is 264 g/mol. The molecule has 7 nitrogen and oxygen atoms in total. The first-order valence-corrected chi connectivity index (χ1v) is 9.23. The molecule has 0 saturated heterocycles. The summed E-state index contributed by atoms with van der Waals surface area (Å²) in [6.07, 6.45) is 1.13. The van der Waals surface area contributed by atoms with E-state index < -0.39 is 23.2 Å². The van der Waals surface area contributed by atoms with E-state index in [9.17, 15) is 5.11 Å². The van der Waals surface area contributed by atoms with Gasteiger partial charge in [0.1, 0.15) is 0 Å². The van der Waals surface area contributed by atoms with Crippen LogP contribution in [0.3, 0.4) is 0 Å². The lowest BCUT2D eigenvalue weighted by Gasteiger charge is -2.24. The van der Waals surface area contributed by atoms with E-state index in [0.717, 1.165) is 0 Å². The predicted molar refractivity (Wildman–Crippen MR) is 63.5 cm³/mol. The van der Waals surface area contributed by atoms with Gasteiger partial charge >= 0.3 is 17.6 Å². The quantitative estimate of drug-likeness (QED) is 0.186. The smallest absolute Gasteiger partial charge is 0.390 e. The van der Waals surface area contributed by atoms with Gasteiger partial charge in [-0.2, -0.15) is 0 Å². The van der Waals surface area contributed by atoms with E-state index in [0.29, 0.717) is 12.8 Å². The van der Waals surface area contributed by atoms with Crippen LogP contribution in [0.2, 0.25) is 12.1 Å². The molecule has 17 heavy (non-hydrogen) atoms. The zero-order valence-electron chi connectivity index (χ0n) is 15.6. The van der Waals surface area contributed by atoms with Crippen molar-refractivity contribution in [3.8, 4) is 0 Å². The Morgan fingerprint density at radius 2 is 1.24 bits per heavy atom. The Hall–Kier alpha value is 0.154. The molecule has 7 N–H and O–H groups in total. The third-order valence-electron chi connectivity index (χ3n) is 2.40. The highest BCUT2D eigenvalue weighted by Crippen LogP contribution is 2.22. The summed E-state index contributed by atoms with van der Waals surface area (Å²) in [7, 11) is -7.27. The summed E-state index contributed by atoms with van der Waals surface area (Å²) >= 11 is 0. The topological polar surface area (TPSA) is 142 Å². The summed E-state index contributed by atoms with van der Waals surface area (Å²) < 4.78 is 40.8. The van der Waals surface area contributed by atoms with Gasteiger partial charge in [0.05, 0.1) is 5.60 Å². The van der Waals surface area contributed by atoms with Crippen LogP contribution in [-0.4, -0.2) is 65.7 Å². The van der Waals surface area contributed by atoms with E-state index in [1.165, 1.54) is 0 Å². The Morgan fingerprint density at radius 1 is 0.882 bits per heavy atom. The first-order valence-electron chi connectivity index (χ1n) is 7.81. The highest BCUT2D eigenvalue weighted by molar-refractivity contribution is 6.56. The van der Waals surface area contributed by atoms with Crippen molar-refractivity contribution in [1.82, 2.24) is 0 Å². The van der Waals surface area contributed by atoms with Crippen LogP contribution in [0.4, 0.5) is 0 Å². The largest absolute Gasteiger partial charge is 0.492 e. The summed E-state index contributed by atoms with van der Waals surface area (Å²) in [5.74, 6) is 0. The van der Waals surface area contributed by atoms with Crippen molar-refractivity contribution in [2.24, 2.45) is 0 Å². The van der Waals surface area contributed by atoms with Crippen LogP contribution in [0, 0.1) is 0 Å². The first kappa shape index (κ1) is 9.12. The van der Waals surface area contributed by atoms with Crippen molar-refractivity contribution >= 4 is 17.6 Å². The molecule has 0 fully saturated rings. The predicted octanol–water partition coefficient (Wildman–Crippen LogP) is -1.87. The Balaban J connectivity index is 4.29. The molecule has 0 aromatic rings. The molecule has 0 aliphatic carbocycles. The summed E-state index contributed by atoms with van der Waals surface area (Å²) in [5.41, 5.74) is -1.13. The van der Waals surface area contributed by atoms with Gasteiger partial charge in [0.2, 0.25) is 0 Å². The maximum absolute atomic E-state index is 10.2. The Morgan fingerprint density at radius 3 is 1.53 bits per heavy atom. The maximum atomic E-state index is 10.2. The molecule has 0 heterocycles. The highest BCUT2D eigenvalue weighted by atomic mass is 28.4. The second-order valence-electron chi connectivity index (χ2n) is 4.57. The zero-order valence-corrected chi connectivity index (χ0v) is 11.6. The Labute approximate surface area is 111 Å². The zero-order chi connectivity index (χ0) is 18.0. The van der Waals surface area contributed by atoms with Crippen LogP contribution in [0.25, 0.3) is 0 Å². The van der Waals surface area contributed by atoms with E-state index >= 15 is 0 Å². The Bertz CT molecular complexity index is 277. The van der Waals surface area contributed by atoms with E-state index in [-0.39, 0.29) is 24.9 Å². The van der Waals surface area contributed by atoms with Gasteiger partial charge in [-0.3, -0.25) is 0 Å². The summed E-state index contributed by atoms with van der Waals surface area (Å²) in [6.45, 7) is 1.56. The van der Waals surface area contributed by atoms with Crippen LogP contribution in [0.5, 0.6) is 0 Å². The molecule has 0 aliphatic rings. The number of rotatable bonds is 14. The number of aliphatic hydroxyl groups is 1. The van der Waals surface area contributed by atoms with Crippen molar-refractivity contribution < 1.29 is 33.9 Å². The molecular formula is C8H22O7Si2. The molecule has 0 spiro atoms. The molecule has 0 aromatic carbocycles. The fourth-order valence-electron chi connectivity index (χ4n) is 1.50. The fourth-order valence-corrected chi connectivity index (χ4v) is 2.72. The van der Waals surface area contributed by atoms with Crippen molar-refractivity contribution in [2.75, 3.05) is 0 Å². The molecule has 0 aromatic heterocycles. The van der Waals surface area contributed by atoms with Gasteiger partial charge in [0, 0.05) is 12.1 Å². The second kappa shape index (κ2) is 6.36. The third-order valence-corrected chi connectivity index (χ3v) is 4.33. The highest BCUT2D eigenvalue weighted by Gasteiger charge is 2.30. The SMILES string of the molecule is [3H]O[Si](CCCC(C)(O)CCC[Si](O[3H])(O[3H])O[3H])(O[3H])O[3H]. The monoisotopic (exact) mass is 298 g/mol. The standard InChI is InChI=1S/C8H22O7Si2/c1-8(9,4-2-6-16(10,11)12)5-3-7-17(13,14)15/h9-15H,2-7H2,1H3/i10T,11T,12T,13T,14T,15T. The van der Waals surface area contributed by atoms with Gasteiger partial charge < -0.3 is 33.9 Å². The lowest BCUT2D eigenvalue weighted by Crippen LogP contribution is -2.36. The molecule has 0 saturated carbocycles. The van der Waals surface area contributed by atoms with Gasteiger partial charge in [-0.25, -0.2) is 0 Å². The normalized spacial score (nSPS) is 18.7. The molecule has 0 bridgehead atoms. The second-order valence-corrected chi connectivity index (χ2v) is 8.30. The average Bonchev–Trinajstić information content (AvgIpc) is 2.56. The molecule has 0 atom stereocenters. The Kier molecular flexibility index (Phi) is 3.41. The first-order chi connectivity index (χ1) is 10.8. The molecule has 0 amide bonds. The lowest BCUT2D eigenvalue weighted by molar-refractivity contribution is 0.0386. The molecule has 0 rings (SSSR count). The van der Waals surface area contributed by atoms with Crippen LogP contribution < -0.4 is 0 Å². The van der Waals surface area contributed by atoms with E-state index in [2.05, 4.69) is 28.8 Å². The van der Waals surface area contributed by atoms with Crippen molar-refractivity contribution in [1.29, 1.82) is 8.59 Å². The van der Waals surface area contributed by atoms with Gasteiger partial charge in [0.15, 0.2) is 8.59 Å². The van der Waals surface area contributed by atoms with Crippen molar-refractivity contribution in [2.45, 2.75) is 50.3 Å². The number of hydrogen-bond acceptors (Lipinski definition) is 7. The van der Waals surface area contributed by atoms with Gasteiger partial charge in [-0.05, 0) is 32.6 Å². The van der Waals surface area contributed by atoms with Gasteiger partial charge in [0.25, 0.3) is 0 Å². The molecule has 0 radical (unpaired) electrons. The van der Waals surface area contributed by atoms with Crippen LogP contribution in [-0.2, 0) is 0 Å².